The van der Waals surface area contributed by atoms with Gasteiger partial charge in [0.2, 0.25) is 17.5 Å². The molecule has 1 heterocycles. The molecule has 0 radical (unpaired) electrons. The van der Waals surface area contributed by atoms with Gasteiger partial charge in [-0.3, -0.25) is 14.4 Å². The third-order valence-electron chi connectivity index (χ3n) is 5.85. The lowest BCUT2D eigenvalue weighted by molar-refractivity contribution is -0.141. The Morgan fingerprint density at radius 2 is 1.74 bits per heavy atom. The van der Waals surface area contributed by atoms with Crippen molar-refractivity contribution < 1.29 is 51.3 Å². The first kappa shape index (κ1) is 29.7. The summed E-state index contributed by atoms with van der Waals surface area (Å²) >= 11 is 6.02. The second kappa shape index (κ2) is 13.3. The first-order valence-corrected chi connectivity index (χ1v) is 12.1. The number of benzene rings is 2. The average molecular weight is 575 g/mol. The molecular formula is C25H23ClF4N2O7. The van der Waals surface area contributed by atoms with Gasteiger partial charge in [-0.15, -0.1) is 0 Å². The molecule has 0 aromatic heterocycles. The van der Waals surface area contributed by atoms with Gasteiger partial charge >= 0.3 is 12.1 Å². The molecular weight excluding hydrogens is 552 g/mol. The summed E-state index contributed by atoms with van der Waals surface area (Å²) in [4.78, 5) is 50.9. The average Bonchev–Trinajstić information content (AvgIpc) is 3.15. The van der Waals surface area contributed by atoms with Gasteiger partial charge in [0.25, 0.3) is 0 Å². The highest BCUT2D eigenvalue weighted by atomic mass is 35.5. The maximum Gasteiger partial charge on any atom is 0.415 e. The van der Waals surface area contributed by atoms with E-state index in [0.717, 1.165) is 0 Å². The van der Waals surface area contributed by atoms with Crippen LogP contribution in [0.15, 0.2) is 30.3 Å². The first-order chi connectivity index (χ1) is 18.5. The van der Waals surface area contributed by atoms with Crippen LogP contribution in [-0.4, -0.2) is 59.5 Å². The van der Waals surface area contributed by atoms with Crippen molar-refractivity contribution in [3.8, 4) is 11.5 Å². The van der Waals surface area contributed by atoms with Gasteiger partial charge in [-0.2, -0.15) is 8.78 Å². The number of para-hydroxylation sites is 1. The van der Waals surface area contributed by atoms with Gasteiger partial charge < -0.3 is 24.8 Å². The SMILES string of the molecule is O=C(O)C[C@H](NC(=O)[C@H]1CCCCN(C(=O)Oc2ccccc2Cl)C1)C(=O)COc1c(F)c(F)cc(F)c1F. The van der Waals surface area contributed by atoms with Crippen molar-refractivity contribution >= 4 is 35.4 Å². The fourth-order valence-corrected chi connectivity index (χ4v) is 4.01. The number of halogens is 5. The summed E-state index contributed by atoms with van der Waals surface area (Å²) in [6.07, 6.45) is -0.320. The van der Waals surface area contributed by atoms with Crippen molar-refractivity contribution in [2.24, 2.45) is 5.92 Å². The largest absolute Gasteiger partial charge is 0.481 e. The number of hydrogen-bond acceptors (Lipinski definition) is 6. The van der Waals surface area contributed by atoms with Gasteiger partial charge in [0.15, 0.2) is 28.9 Å². The molecule has 1 aliphatic rings. The Labute approximate surface area is 224 Å². The maximum atomic E-state index is 13.8. The summed E-state index contributed by atoms with van der Waals surface area (Å²) in [6.45, 7) is -1.05. The minimum absolute atomic E-state index is 0.0485. The van der Waals surface area contributed by atoms with E-state index in [1.807, 2.05) is 0 Å². The molecule has 2 aromatic rings. The number of amides is 2. The van der Waals surface area contributed by atoms with Crippen LogP contribution in [0.2, 0.25) is 5.02 Å². The van der Waals surface area contributed by atoms with Crippen LogP contribution in [0.3, 0.4) is 0 Å². The molecule has 39 heavy (non-hydrogen) atoms. The number of hydrogen-bond donors (Lipinski definition) is 2. The van der Waals surface area contributed by atoms with Crippen LogP contribution in [0.25, 0.3) is 0 Å². The Balaban J connectivity index is 1.67. The van der Waals surface area contributed by atoms with E-state index in [9.17, 15) is 41.8 Å². The number of carboxylic acids is 1. The number of carbonyl (C=O) groups is 4. The molecule has 0 aliphatic carbocycles. The molecule has 14 heteroatoms. The monoisotopic (exact) mass is 574 g/mol. The van der Waals surface area contributed by atoms with Gasteiger partial charge in [-0.1, -0.05) is 30.2 Å². The smallest absolute Gasteiger partial charge is 0.415 e. The minimum Gasteiger partial charge on any atom is -0.481 e. The summed E-state index contributed by atoms with van der Waals surface area (Å²) in [6, 6.07) is 4.53. The number of aliphatic carboxylic acids is 1. The van der Waals surface area contributed by atoms with Crippen molar-refractivity contribution in [3.63, 3.8) is 0 Å². The van der Waals surface area contributed by atoms with Crippen molar-refractivity contribution in [2.45, 2.75) is 31.7 Å². The van der Waals surface area contributed by atoms with E-state index in [0.29, 0.717) is 19.3 Å². The summed E-state index contributed by atoms with van der Waals surface area (Å²) in [5.41, 5.74) is 0. The third kappa shape index (κ3) is 7.82. The van der Waals surface area contributed by atoms with E-state index in [1.165, 1.54) is 17.0 Å². The highest BCUT2D eigenvalue weighted by Crippen LogP contribution is 2.27. The van der Waals surface area contributed by atoms with Crippen LogP contribution in [0, 0.1) is 29.2 Å². The molecule has 2 aromatic carbocycles. The van der Waals surface area contributed by atoms with E-state index in [2.05, 4.69) is 10.1 Å². The van der Waals surface area contributed by atoms with E-state index < -0.39 is 77.8 Å². The lowest BCUT2D eigenvalue weighted by Gasteiger charge is -2.25. The standard InChI is InChI=1S/C25H23ClF4N2O7/c26-14-6-1-2-7-19(14)39-25(37)32-8-4-3-5-13(11-32)24(36)31-17(10-20(34)35)18(33)12-38-23-21(29)15(27)9-16(28)22(23)30/h1-2,6-7,9,13,17H,3-5,8,10-12H2,(H,31,36)(H,34,35)/t13-,17-/m0/s1. The van der Waals surface area contributed by atoms with Crippen LogP contribution >= 0.6 is 11.6 Å². The highest BCUT2D eigenvalue weighted by molar-refractivity contribution is 6.32. The maximum absolute atomic E-state index is 13.8. The number of rotatable bonds is 9. The van der Waals surface area contributed by atoms with Crippen LogP contribution < -0.4 is 14.8 Å². The Morgan fingerprint density at radius 1 is 1.08 bits per heavy atom. The molecule has 1 fully saturated rings. The van der Waals surface area contributed by atoms with Gasteiger partial charge in [-0.25, -0.2) is 13.6 Å². The number of ketones is 1. The van der Waals surface area contributed by atoms with E-state index >= 15 is 0 Å². The van der Waals surface area contributed by atoms with Gasteiger partial charge in [0, 0.05) is 19.2 Å². The highest BCUT2D eigenvalue weighted by Gasteiger charge is 2.32. The second-order valence-corrected chi connectivity index (χ2v) is 9.06. The summed E-state index contributed by atoms with van der Waals surface area (Å²) in [5.74, 6) is -12.9. The predicted molar refractivity (Wildman–Crippen MR) is 127 cm³/mol. The quantitative estimate of drug-likeness (QED) is 0.341. The van der Waals surface area contributed by atoms with Gasteiger partial charge in [-0.05, 0) is 25.0 Å². The molecule has 1 saturated heterocycles. The molecule has 1 aliphatic heterocycles. The molecule has 0 saturated carbocycles. The fraction of sp³-hybridized carbons (Fsp3) is 0.360. The zero-order valence-electron chi connectivity index (χ0n) is 20.2. The molecule has 2 atom stereocenters. The van der Waals surface area contributed by atoms with Crippen molar-refractivity contribution in [1.29, 1.82) is 0 Å². The Morgan fingerprint density at radius 3 is 2.38 bits per heavy atom. The Bertz CT molecular complexity index is 1240. The van der Waals surface area contributed by atoms with E-state index in [4.69, 9.17) is 16.3 Å². The number of carbonyl (C=O) groups excluding carboxylic acids is 3. The number of nitrogens with zero attached hydrogens (tertiary/aromatic N) is 1. The number of Topliss-reactive ketones (excluding diaryl/α,β-unsaturated/α-hetero) is 1. The van der Waals surface area contributed by atoms with Crippen molar-refractivity contribution in [3.05, 3.63) is 58.6 Å². The van der Waals surface area contributed by atoms with Crippen LogP contribution in [0.4, 0.5) is 22.4 Å². The van der Waals surface area contributed by atoms with Crippen LogP contribution in [0.5, 0.6) is 11.5 Å². The molecule has 2 N–H and O–H groups in total. The van der Waals surface area contributed by atoms with Gasteiger partial charge in [0.05, 0.1) is 17.4 Å². The molecule has 210 valence electrons. The Hall–Kier alpha value is -3.87. The van der Waals surface area contributed by atoms with E-state index in [1.54, 1.807) is 12.1 Å². The van der Waals surface area contributed by atoms with Crippen LogP contribution in [-0.2, 0) is 14.4 Å². The molecule has 9 nitrogen and oxygen atoms in total. The first-order valence-electron chi connectivity index (χ1n) is 11.7. The summed E-state index contributed by atoms with van der Waals surface area (Å²) in [5, 5.41) is 11.7. The van der Waals surface area contributed by atoms with Gasteiger partial charge in [0.1, 0.15) is 12.6 Å². The number of nitrogens with one attached hydrogen (secondary N) is 1. The topological polar surface area (TPSA) is 122 Å². The number of likely N-dealkylation sites (tertiary alicyclic amines) is 1. The van der Waals surface area contributed by atoms with Crippen molar-refractivity contribution in [1.82, 2.24) is 10.2 Å². The molecule has 0 unspecified atom stereocenters. The van der Waals surface area contributed by atoms with Crippen LogP contribution in [0.1, 0.15) is 25.7 Å². The number of ether oxygens (including phenoxy) is 2. The predicted octanol–water partition coefficient (Wildman–Crippen LogP) is 4.10. The summed E-state index contributed by atoms with van der Waals surface area (Å²) < 4.78 is 64.4. The summed E-state index contributed by atoms with van der Waals surface area (Å²) in [7, 11) is 0. The minimum atomic E-state index is -1.89. The second-order valence-electron chi connectivity index (χ2n) is 8.65. The fourth-order valence-electron chi connectivity index (χ4n) is 3.84. The molecule has 0 spiro atoms. The van der Waals surface area contributed by atoms with Crippen molar-refractivity contribution in [2.75, 3.05) is 19.7 Å². The lowest BCUT2D eigenvalue weighted by Crippen LogP contribution is -2.48. The normalized spacial score (nSPS) is 16.1. The zero-order valence-corrected chi connectivity index (χ0v) is 21.0. The third-order valence-corrected chi connectivity index (χ3v) is 6.16. The lowest BCUT2D eigenvalue weighted by atomic mass is 10.0. The van der Waals surface area contributed by atoms with E-state index in [-0.39, 0.29) is 29.9 Å². The molecule has 2 amide bonds. The number of carboxylic acid groups (broad SMARTS) is 1. The Kier molecular flexibility index (Phi) is 10.1. The zero-order chi connectivity index (χ0) is 28.7. The molecule has 3 rings (SSSR count). The molecule has 0 bridgehead atoms.